The number of anilines is 1. The Bertz CT molecular complexity index is 499. The van der Waals surface area contributed by atoms with Crippen LogP contribution in [0.2, 0.25) is 0 Å². The van der Waals surface area contributed by atoms with E-state index in [0.29, 0.717) is 18.6 Å². The number of esters is 1. The summed E-state index contributed by atoms with van der Waals surface area (Å²) in [6, 6.07) is 7.74. The van der Waals surface area contributed by atoms with Gasteiger partial charge in [-0.1, -0.05) is 6.07 Å². The number of carbonyl (C=O) groups excluding carboxylic acids is 1. The van der Waals surface area contributed by atoms with E-state index in [-0.39, 0.29) is 5.97 Å². The fourth-order valence-corrected chi connectivity index (χ4v) is 2.39. The highest BCUT2D eigenvalue weighted by atomic mass is 16.5. The first-order chi connectivity index (χ1) is 9.26. The third kappa shape index (κ3) is 3.05. The van der Waals surface area contributed by atoms with Crippen LogP contribution < -0.4 is 4.90 Å². The summed E-state index contributed by atoms with van der Waals surface area (Å²) in [6.45, 7) is 4.11. The molecule has 19 heavy (non-hydrogen) atoms. The Kier molecular flexibility index (Phi) is 4.40. The van der Waals surface area contributed by atoms with Crippen LogP contribution >= 0.6 is 0 Å². The molecule has 100 valence electrons. The van der Waals surface area contributed by atoms with E-state index in [2.05, 4.69) is 11.0 Å². The van der Waals surface area contributed by atoms with Gasteiger partial charge in [0.1, 0.15) is 0 Å². The number of rotatable bonds is 4. The molecule has 0 aliphatic carbocycles. The molecule has 0 atom stereocenters. The minimum absolute atomic E-state index is 0.302. The van der Waals surface area contributed by atoms with Crippen molar-refractivity contribution in [1.82, 2.24) is 0 Å². The van der Waals surface area contributed by atoms with Gasteiger partial charge in [0.05, 0.1) is 30.3 Å². The molecule has 0 saturated carbocycles. The van der Waals surface area contributed by atoms with Crippen LogP contribution in [0.15, 0.2) is 18.2 Å². The number of hydrogen-bond acceptors (Lipinski definition) is 4. The van der Waals surface area contributed by atoms with Crippen molar-refractivity contribution in [2.45, 2.75) is 26.2 Å². The molecule has 2 rings (SSSR count). The molecule has 0 N–H and O–H groups in total. The van der Waals surface area contributed by atoms with Gasteiger partial charge in [0.2, 0.25) is 0 Å². The van der Waals surface area contributed by atoms with E-state index in [0.717, 1.165) is 37.2 Å². The second kappa shape index (κ2) is 6.24. The topological polar surface area (TPSA) is 53.3 Å². The van der Waals surface area contributed by atoms with Gasteiger partial charge in [0, 0.05) is 13.1 Å². The summed E-state index contributed by atoms with van der Waals surface area (Å²) in [4.78, 5) is 14.3. The second-order valence-corrected chi connectivity index (χ2v) is 4.60. The lowest BCUT2D eigenvalue weighted by molar-refractivity contribution is 0.0527. The van der Waals surface area contributed by atoms with Crippen LogP contribution in [0.25, 0.3) is 0 Å². The Morgan fingerprint density at radius 3 is 2.79 bits per heavy atom. The van der Waals surface area contributed by atoms with Crippen LogP contribution in [-0.2, 0) is 11.2 Å². The minimum Gasteiger partial charge on any atom is -0.462 e. The Labute approximate surface area is 113 Å². The zero-order chi connectivity index (χ0) is 13.7. The average Bonchev–Trinajstić information content (AvgIpc) is 2.93. The third-order valence-electron chi connectivity index (χ3n) is 3.29. The van der Waals surface area contributed by atoms with Crippen molar-refractivity contribution < 1.29 is 9.53 Å². The maximum Gasteiger partial charge on any atom is 0.340 e. The highest BCUT2D eigenvalue weighted by molar-refractivity contribution is 5.96. The highest BCUT2D eigenvalue weighted by Gasteiger charge is 2.20. The molecule has 1 heterocycles. The molecule has 0 aromatic heterocycles. The van der Waals surface area contributed by atoms with E-state index in [4.69, 9.17) is 10.00 Å². The predicted molar refractivity (Wildman–Crippen MR) is 73.2 cm³/mol. The Balaban J connectivity index is 2.35. The van der Waals surface area contributed by atoms with Gasteiger partial charge in [0.25, 0.3) is 0 Å². The van der Waals surface area contributed by atoms with E-state index >= 15 is 0 Å². The lowest BCUT2D eigenvalue weighted by Gasteiger charge is -2.21. The molecule has 4 heteroatoms. The van der Waals surface area contributed by atoms with Crippen molar-refractivity contribution in [3.8, 4) is 6.07 Å². The van der Waals surface area contributed by atoms with E-state index in [1.165, 1.54) is 0 Å². The predicted octanol–water partition coefficient (Wildman–Crippen LogP) is 2.53. The standard InChI is InChI=1S/C15H18N2O2/c1-2-19-15(18)13-11-12(7-8-16)5-6-14(13)17-9-3-4-10-17/h5-6,11H,2-4,7,9-10H2,1H3. The van der Waals surface area contributed by atoms with E-state index in [1.54, 1.807) is 13.0 Å². The number of hydrogen-bond donors (Lipinski definition) is 0. The fourth-order valence-electron chi connectivity index (χ4n) is 2.39. The molecule has 0 unspecified atom stereocenters. The molecule has 1 fully saturated rings. The Morgan fingerprint density at radius 2 is 2.16 bits per heavy atom. The van der Waals surface area contributed by atoms with Crippen LogP contribution in [0, 0.1) is 11.3 Å². The first-order valence-electron chi connectivity index (χ1n) is 6.68. The largest absolute Gasteiger partial charge is 0.462 e. The van der Waals surface area contributed by atoms with Gasteiger partial charge in [-0.15, -0.1) is 0 Å². The lowest BCUT2D eigenvalue weighted by atomic mass is 10.1. The first kappa shape index (κ1) is 13.4. The van der Waals surface area contributed by atoms with Crippen molar-refractivity contribution >= 4 is 11.7 Å². The monoisotopic (exact) mass is 258 g/mol. The van der Waals surface area contributed by atoms with Crippen LogP contribution in [0.1, 0.15) is 35.7 Å². The van der Waals surface area contributed by atoms with Crippen molar-refractivity contribution in [3.05, 3.63) is 29.3 Å². The quantitative estimate of drug-likeness (QED) is 0.779. The van der Waals surface area contributed by atoms with Crippen molar-refractivity contribution in [2.75, 3.05) is 24.6 Å². The van der Waals surface area contributed by atoms with Gasteiger partial charge in [-0.25, -0.2) is 4.79 Å². The second-order valence-electron chi connectivity index (χ2n) is 4.60. The van der Waals surface area contributed by atoms with Crippen LogP contribution in [-0.4, -0.2) is 25.7 Å². The molecule has 4 nitrogen and oxygen atoms in total. The summed E-state index contributed by atoms with van der Waals surface area (Å²) < 4.78 is 5.11. The van der Waals surface area contributed by atoms with Crippen LogP contribution in [0.5, 0.6) is 0 Å². The van der Waals surface area contributed by atoms with Gasteiger partial charge in [0.15, 0.2) is 0 Å². The van der Waals surface area contributed by atoms with Crippen LogP contribution in [0.3, 0.4) is 0 Å². The van der Waals surface area contributed by atoms with Crippen molar-refractivity contribution in [2.24, 2.45) is 0 Å². The Morgan fingerprint density at radius 1 is 1.42 bits per heavy atom. The number of nitrogens with zero attached hydrogens (tertiary/aromatic N) is 2. The summed E-state index contributed by atoms with van der Waals surface area (Å²) in [5.41, 5.74) is 2.36. The summed E-state index contributed by atoms with van der Waals surface area (Å²) in [5, 5.41) is 8.76. The SMILES string of the molecule is CCOC(=O)c1cc(CC#N)ccc1N1CCCC1. The van der Waals surface area contributed by atoms with Gasteiger partial charge >= 0.3 is 5.97 Å². The molecule has 1 aliphatic rings. The lowest BCUT2D eigenvalue weighted by Crippen LogP contribution is -2.21. The van der Waals surface area contributed by atoms with Gasteiger partial charge in [-0.2, -0.15) is 5.26 Å². The molecule has 1 saturated heterocycles. The van der Waals surface area contributed by atoms with Gasteiger partial charge in [-0.3, -0.25) is 0 Å². The zero-order valence-electron chi connectivity index (χ0n) is 11.2. The summed E-state index contributed by atoms with van der Waals surface area (Å²) in [7, 11) is 0. The van der Waals surface area contributed by atoms with Crippen LogP contribution in [0.4, 0.5) is 5.69 Å². The van der Waals surface area contributed by atoms with Gasteiger partial charge < -0.3 is 9.64 Å². The molecular weight excluding hydrogens is 240 g/mol. The molecular formula is C15H18N2O2. The molecule has 0 radical (unpaired) electrons. The van der Waals surface area contributed by atoms with E-state index < -0.39 is 0 Å². The highest BCUT2D eigenvalue weighted by Crippen LogP contribution is 2.26. The average molecular weight is 258 g/mol. The van der Waals surface area contributed by atoms with Gasteiger partial charge in [-0.05, 0) is 37.5 Å². The number of ether oxygens (including phenoxy) is 1. The summed E-state index contributed by atoms with van der Waals surface area (Å²) >= 11 is 0. The maximum absolute atomic E-state index is 12.0. The molecule has 0 amide bonds. The molecule has 0 spiro atoms. The fraction of sp³-hybridized carbons (Fsp3) is 0.467. The minimum atomic E-state index is -0.302. The maximum atomic E-state index is 12.0. The van der Waals surface area contributed by atoms with Crippen molar-refractivity contribution in [1.29, 1.82) is 5.26 Å². The van der Waals surface area contributed by atoms with E-state index in [1.807, 2.05) is 12.1 Å². The first-order valence-corrected chi connectivity index (χ1v) is 6.68. The Hall–Kier alpha value is -2.02. The molecule has 0 bridgehead atoms. The molecule has 1 aromatic carbocycles. The third-order valence-corrected chi connectivity index (χ3v) is 3.29. The molecule has 1 aliphatic heterocycles. The number of carbonyl (C=O) groups is 1. The number of benzene rings is 1. The summed E-state index contributed by atoms with van der Waals surface area (Å²) in [6.07, 6.45) is 2.62. The normalized spacial score (nSPS) is 14.2. The summed E-state index contributed by atoms with van der Waals surface area (Å²) in [5.74, 6) is -0.302. The smallest absolute Gasteiger partial charge is 0.340 e. The molecule has 1 aromatic rings. The number of nitriles is 1. The van der Waals surface area contributed by atoms with E-state index in [9.17, 15) is 4.79 Å². The zero-order valence-corrected chi connectivity index (χ0v) is 11.2. The van der Waals surface area contributed by atoms with Crippen molar-refractivity contribution in [3.63, 3.8) is 0 Å².